The van der Waals surface area contributed by atoms with E-state index in [9.17, 15) is 14.4 Å². The monoisotopic (exact) mass is 508 g/mol. The van der Waals surface area contributed by atoms with Gasteiger partial charge in [-0.2, -0.15) is 5.10 Å². The highest BCUT2D eigenvalue weighted by atomic mass is 35.5. The van der Waals surface area contributed by atoms with E-state index in [4.69, 9.17) is 21.1 Å². The van der Waals surface area contributed by atoms with Crippen LogP contribution in [0.5, 0.6) is 11.5 Å². The number of rotatable bonds is 9. The molecule has 0 aliphatic heterocycles. The van der Waals surface area contributed by atoms with Gasteiger partial charge in [0.05, 0.1) is 25.1 Å². The van der Waals surface area contributed by atoms with Crippen LogP contribution in [0.4, 0.5) is 5.69 Å². The Morgan fingerprint density at radius 2 is 1.72 bits per heavy atom. The number of methoxy groups -OCH3 is 1. The topological polar surface area (TPSA) is 118 Å². The molecule has 0 aliphatic carbocycles. The Kier molecular flexibility index (Phi) is 9.41. The molecule has 1 unspecified atom stereocenters. The first kappa shape index (κ1) is 26.2. The van der Waals surface area contributed by atoms with Crippen molar-refractivity contribution in [2.24, 2.45) is 5.10 Å². The molecule has 3 N–H and O–H groups in total. The molecule has 0 fully saturated rings. The van der Waals surface area contributed by atoms with Crippen LogP contribution < -0.4 is 25.5 Å². The number of hydrogen-bond donors (Lipinski definition) is 3. The predicted octanol–water partition coefficient (Wildman–Crippen LogP) is 3.69. The lowest BCUT2D eigenvalue weighted by Gasteiger charge is -2.14. The summed E-state index contributed by atoms with van der Waals surface area (Å²) in [6.07, 6.45) is 1.36. The van der Waals surface area contributed by atoms with E-state index in [1.165, 1.54) is 19.4 Å². The summed E-state index contributed by atoms with van der Waals surface area (Å²) in [6.45, 7) is 1.77. The SMILES string of the molecule is COc1ccc(Cl)cc1NC(=O)C(=O)N/N=C/c1ccc(OCC(=O)NC(C)c2ccccc2)cc1. The molecule has 1 atom stereocenters. The van der Waals surface area contributed by atoms with Crippen LogP contribution in [0.15, 0.2) is 77.9 Å². The van der Waals surface area contributed by atoms with Crippen molar-refractivity contribution in [2.45, 2.75) is 13.0 Å². The Hall–Kier alpha value is -4.37. The number of anilines is 1. The number of nitrogens with zero attached hydrogens (tertiary/aromatic N) is 1. The van der Waals surface area contributed by atoms with Gasteiger partial charge in [0.2, 0.25) is 0 Å². The second-order valence-corrected chi connectivity index (χ2v) is 7.99. The highest BCUT2D eigenvalue weighted by Crippen LogP contribution is 2.27. The second-order valence-electron chi connectivity index (χ2n) is 7.56. The van der Waals surface area contributed by atoms with Gasteiger partial charge in [-0.05, 0) is 60.5 Å². The quantitative estimate of drug-likeness (QED) is 0.231. The summed E-state index contributed by atoms with van der Waals surface area (Å²) in [6, 6.07) is 20.8. The van der Waals surface area contributed by atoms with Gasteiger partial charge in [0.1, 0.15) is 11.5 Å². The summed E-state index contributed by atoms with van der Waals surface area (Å²) < 4.78 is 10.6. The first-order chi connectivity index (χ1) is 17.4. The Balaban J connectivity index is 1.44. The molecule has 0 saturated carbocycles. The summed E-state index contributed by atoms with van der Waals surface area (Å²) in [5, 5.41) is 9.45. The molecule has 3 rings (SSSR count). The van der Waals surface area contributed by atoms with Crippen LogP contribution in [0, 0.1) is 0 Å². The van der Waals surface area contributed by atoms with Gasteiger partial charge in [-0.1, -0.05) is 41.9 Å². The number of halogens is 1. The molecule has 3 amide bonds. The van der Waals surface area contributed by atoms with E-state index < -0.39 is 11.8 Å². The molecule has 0 saturated heterocycles. The van der Waals surface area contributed by atoms with E-state index in [1.807, 2.05) is 37.3 Å². The Morgan fingerprint density at radius 3 is 2.42 bits per heavy atom. The van der Waals surface area contributed by atoms with Gasteiger partial charge in [0.15, 0.2) is 6.61 Å². The van der Waals surface area contributed by atoms with Crippen LogP contribution in [-0.2, 0) is 14.4 Å². The van der Waals surface area contributed by atoms with E-state index in [0.29, 0.717) is 22.1 Å². The van der Waals surface area contributed by atoms with Crippen molar-refractivity contribution in [1.29, 1.82) is 0 Å². The molecular weight excluding hydrogens is 484 g/mol. The lowest BCUT2D eigenvalue weighted by atomic mass is 10.1. The third kappa shape index (κ3) is 7.85. The molecule has 0 radical (unpaired) electrons. The molecule has 36 heavy (non-hydrogen) atoms. The van der Waals surface area contributed by atoms with Gasteiger partial charge in [-0.3, -0.25) is 14.4 Å². The van der Waals surface area contributed by atoms with Crippen molar-refractivity contribution in [1.82, 2.24) is 10.7 Å². The zero-order valence-electron chi connectivity index (χ0n) is 19.7. The predicted molar refractivity (Wildman–Crippen MR) is 137 cm³/mol. The lowest BCUT2D eigenvalue weighted by Crippen LogP contribution is -2.32. The second kappa shape index (κ2) is 12.9. The number of carbonyl (C=O) groups excluding carboxylic acids is 3. The van der Waals surface area contributed by atoms with Gasteiger partial charge in [-0.25, -0.2) is 5.43 Å². The normalized spacial score (nSPS) is 11.4. The molecular formula is C26H25ClN4O5. The largest absolute Gasteiger partial charge is 0.495 e. The first-order valence-electron chi connectivity index (χ1n) is 10.9. The van der Waals surface area contributed by atoms with Crippen LogP contribution in [0.2, 0.25) is 5.02 Å². The van der Waals surface area contributed by atoms with E-state index in [0.717, 1.165) is 5.56 Å². The number of hydrazone groups is 1. The van der Waals surface area contributed by atoms with E-state index in [1.54, 1.807) is 36.4 Å². The van der Waals surface area contributed by atoms with Crippen LogP contribution in [0.3, 0.4) is 0 Å². The molecule has 0 spiro atoms. The third-order valence-electron chi connectivity index (χ3n) is 4.92. The van der Waals surface area contributed by atoms with Gasteiger partial charge in [-0.15, -0.1) is 0 Å². The zero-order valence-corrected chi connectivity index (χ0v) is 20.4. The van der Waals surface area contributed by atoms with Crippen LogP contribution in [0.1, 0.15) is 24.1 Å². The summed E-state index contributed by atoms with van der Waals surface area (Å²) in [5.74, 6) is -1.29. The molecule has 3 aromatic rings. The summed E-state index contributed by atoms with van der Waals surface area (Å²) in [4.78, 5) is 36.3. The molecule has 186 valence electrons. The maximum Gasteiger partial charge on any atom is 0.329 e. The van der Waals surface area contributed by atoms with Crippen LogP contribution in [-0.4, -0.2) is 37.7 Å². The summed E-state index contributed by atoms with van der Waals surface area (Å²) >= 11 is 5.92. The van der Waals surface area contributed by atoms with Crippen molar-refractivity contribution < 1.29 is 23.9 Å². The standard InChI is InChI=1S/C26H25ClN4O5/c1-17(19-6-4-3-5-7-19)29-24(32)16-36-21-11-8-18(9-12-21)15-28-31-26(34)25(33)30-22-14-20(27)10-13-23(22)35-2/h3-15,17H,16H2,1-2H3,(H,29,32)(H,30,33)(H,31,34)/b28-15+. The van der Waals surface area contributed by atoms with Crippen molar-refractivity contribution in [3.8, 4) is 11.5 Å². The van der Waals surface area contributed by atoms with E-state index in [2.05, 4.69) is 21.2 Å². The minimum atomic E-state index is -0.969. The van der Waals surface area contributed by atoms with Crippen LogP contribution >= 0.6 is 11.6 Å². The molecule has 9 nitrogen and oxygen atoms in total. The Morgan fingerprint density at radius 1 is 1.00 bits per heavy atom. The van der Waals surface area contributed by atoms with Gasteiger partial charge < -0.3 is 20.1 Å². The Bertz CT molecular complexity index is 1230. The molecule has 0 aromatic heterocycles. The van der Waals surface area contributed by atoms with Crippen molar-refractivity contribution >= 4 is 41.2 Å². The van der Waals surface area contributed by atoms with Crippen molar-refractivity contribution in [3.63, 3.8) is 0 Å². The molecule has 10 heteroatoms. The summed E-state index contributed by atoms with van der Waals surface area (Å²) in [7, 11) is 1.43. The number of ether oxygens (including phenoxy) is 2. The maximum atomic E-state index is 12.2. The number of benzene rings is 3. The van der Waals surface area contributed by atoms with E-state index >= 15 is 0 Å². The highest BCUT2D eigenvalue weighted by Gasteiger charge is 2.15. The van der Waals surface area contributed by atoms with Gasteiger partial charge >= 0.3 is 11.8 Å². The van der Waals surface area contributed by atoms with Crippen molar-refractivity contribution in [3.05, 3.63) is 88.9 Å². The van der Waals surface area contributed by atoms with Crippen molar-refractivity contribution in [2.75, 3.05) is 19.0 Å². The lowest BCUT2D eigenvalue weighted by molar-refractivity contribution is -0.136. The average Bonchev–Trinajstić information content (AvgIpc) is 2.88. The number of amides is 3. The molecule has 0 bridgehead atoms. The maximum absolute atomic E-state index is 12.2. The van der Waals surface area contributed by atoms with Crippen LogP contribution in [0.25, 0.3) is 0 Å². The minimum absolute atomic E-state index is 0.132. The minimum Gasteiger partial charge on any atom is -0.495 e. The fourth-order valence-electron chi connectivity index (χ4n) is 3.08. The smallest absolute Gasteiger partial charge is 0.329 e. The van der Waals surface area contributed by atoms with E-state index in [-0.39, 0.29) is 24.2 Å². The molecule has 0 heterocycles. The summed E-state index contributed by atoms with van der Waals surface area (Å²) in [5.41, 5.74) is 4.05. The zero-order chi connectivity index (χ0) is 25.9. The van der Waals surface area contributed by atoms with Gasteiger partial charge in [0.25, 0.3) is 5.91 Å². The number of nitrogens with one attached hydrogen (secondary N) is 3. The average molecular weight is 509 g/mol. The molecule has 3 aromatic carbocycles. The number of carbonyl (C=O) groups is 3. The van der Waals surface area contributed by atoms with Gasteiger partial charge in [0, 0.05) is 5.02 Å². The fourth-order valence-corrected chi connectivity index (χ4v) is 3.25. The third-order valence-corrected chi connectivity index (χ3v) is 5.16. The number of hydrogen-bond acceptors (Lipinski definition) is 6. The fraction of sp³-hybridized carbons (Fsp3) is 0.154. The molecule has 0 aliphatic rings. The Labute approximate surface area is 213 Å². The first-order valence-corrected chi connectivity index (χ1v) is 11.3. The highest BCUT2D eigenvalue weighted by molar-refractivity contribution is 6.40.